The van der Waals surface area contributed by atoms with Gasteiger partial charge in [0, 0.05) is 12.1 Å². The second kappa shape index (κ2) is 4.95. The highest BCUT2D eigenvalue weighted by Crippen LogP contribution is 2.22. The highest BCUT2D eigenvalue weighted by Gasteiger charge is 2.18. The van der Waals surface area contributed by atoms with Gasteiger partial charge >= 0.3 is 5.82 Å². The molecule has 6 heteroatoms. The van der Waals surface area contributed by atoms with E-state index in [2.05, 4.69) is 66.3 Å². The fourth-order valence-corrected chi connectivity index (χ4v) is 2.08. The van der Waals surface area contributed by atoms with Crippen LogP contribution in [0.5, 0.6) is 0 Å². The van der Waals surface area contributed by atoms with Crippen LogP contribution in [0, 0.1) is 0 Å². The lowest BCUT2D eigenvalue weighted by Crippen LogP contribution is -2.25. The number of hydrogen-bond acceptors (Lipinski definition) is 3. The first-order valence-electron chi connectivity index (χ1n) is 4.03. The van der Waals surface area contributed by atoms with E-state index in [9.17, 15) is 0 Å². The van der Waals surface area contributed by atoms with Crippen molar-refractivity contribution in [2.75, 3.05) is 0 Å². The Labute approximate surface area is 114 Å². The summed E-state index contributed by atoms with van der Waals surface area (Å²) in [6, 6.07) is 1.87. The smallest absolute Gasteiger partial charge is 0.226 e. The molecule has 2 rings (SSSR count). The van der Waals surface area contributed by atoms with Gasteiger partial charge in [-0.25, -0.2) is 4.99 Å². The molecular formula is C9H5I2N4+. The Morgan fingerprint density at radius 3 is 3.07 bits per heavy atom. The van der Waals surface area contributed by atoms with E-state index in [-0.39, 0.29) is 0 Å². The Morgan fingerprint density at radius 2 is 2.27 bits per heavy atom. The van der Waals surface area contributed by atoms with Crippen molar-refractivity contribution in [1.29, 1.82) is 0 Å². The molecule has 0 spiro atoms. The standard InChI is InChI=1S/C9H5I2N4/c10-7-2-4-12-6-14-8(7)9-13-3-1-5-15(9)11/h1-3,5-6H/q+1. The Balaban J connectivity index is 2.57. The average Bonchev–Trinajstić information content (AvgIpc) is 2.44. The van der Waals surface area contributed by atoms with Crippen molar-refractivity contribution in [3.05, 3.63) is 33.9 Å². The lowest BCUT2D eigenvalue weighted by atomic mass is 10.3. The summed E-state index contributed by atoms with van der Waals surface area (Å²) in [6.45, 7) is 0. The molecule has 0 fully saturated rings. The zero-order chi connectivity index (χ0) is 10.7. The van der Waals surface area contributed by atoms with Crippen molar-refractivity contribution in [2.24, 2.45) is 9.98 Å². The Morgan fingerprint density at radius 1 is 1.40 bits per heavy atom. The van der Waals surface area contributed by atoms with E-state index >= 15 is 0 Å². The zero-order valence-electron chi connectivity index (χ0n) is 7.43. The van der Waals surface area contributed by atoms with Gasteiger partial charge in [0.15, 0.2) is 5.70 Å². The van der Waals surface area contributed by atoms with Gasteiger partial charge in [0.1, 0.15) is 18.7 Å². The maximum atomic E-state index is 4.28. The van der Waals surface area contributed by atoms with Crippen LogP contribution in [-0.2, 0) is 0 Å². The van der Waals surface area contributed by atoms with Crippen molar-refractivity contribution in [2.45, 2.75) is 0 Å². The minimum Gasteiger partial charge on any atom is -0.226 e. The fourth-order valence-electron chi connectivity index (χ4n) is 1.02. The van der Waals surface area contributed by atoms with Crippen molar-refractivity contribution >= 4 is 63.4 Å². The normalized spacial score (nSPS) is 14.5. The molecular weight excluding hydrogens is 418 g/mol. The molecule has 1 aliphatic heterocycles. The van der Waals surface area contributed by atoms with E-state index in [0.29, 0.717) is 0 Å². The minimum absolute atomic E-state index is 0.800. The van der Waals surface area contributed by atoms with Crippen LogP contribution in [0.3, 0.4) is 0 Å². The van der Waals surface area contributed by atoms with E-state index in [1.165, 1.54) is 6.34 Å². The monoisotopic (exact) mass is 423 g/mol. The molecule has 0 unspecified atom stereocenters. The van der Waals surface area contributed by atoms with Crippen LogP contribution >= 0.6 is 45.5 Å². The maximum Gasteiger partial charge on any atom is 0.358 e. The van der Waals surface area contributed by atoms with Crippen LogP contribution in [0.25, 0.3) is 5.70 Å². The third-order valence-corrected chi connectivity index (χ3v) is 3.25. The van der Waals surface area contributed by atoms with Crippen LogP contribution in [0.4, 0.5) is 0 Å². The number of aliphatic imine (C=N–C) groups is 2. The largest absolute Gasteiger partial charge is 0.358 e. The van der Waals surface area contributed by atoms with E-state index in [4.69, 9.17) is 0 Å². The molecule has 4 nitrogen and oxygen atoms in total. The number of halogens is 2. The molecule has 74 valence electrons. The van der Waals surface area contributed by atoms with Gasteiger partial charge in [-0.2, -0.15) is 7.77 Å². The van der Waals surface area contributed by atoms with Crippen LogP contribution in [0.2, 0.25) is 0 Å². The number of allylic oxidation sites excluding steroid dienone is 2. The quantitative estimate of drug-likeness (QED) is 0.638. The molecule has 0 saturated heterocycles. The van der Waals surface area contributed by atoms with Crippen LogP contribution < -0.4 is 2.78 Å². The van der Waals surface area contributed by atoms with Crippen molar-refractivity contribution < 1.29 is 2.78 Å². The molecule has 0 atom stereocenters. The third kappa shape index (κ3) is 2.50. The maximum absolute atomic E-state index is 4.28. The first-order valence-corrected chi connectivity index (χ1v) is 6.07. The summed E-state index contributed by atoms with van der Waals surface area (Å²) in [6.07, 6.45) is 6.92. The van der Waals surface area contributed by atoms with Crippen LogP contribution in [-0.4, -0.2) is 17.2 Å². The Kier molecular flexibility index (Phi) is 3.60. The van der Waals surface area contributed by atoms with E-state index < -0.39 is 0 Å². The number of nitrogens with zero attached hydrogens (tertiary/aromatic N) is 4. The van der Waals surface area contributed by atoms with Gasteiger partial charge in [-0.3, -0.25) is 0 Å². The van der Waals surface area contributed by atoms with Gasteiger partial charge < -0.3 is 0 Å². The lowest BCUT2D eigenvalue weighted by Gasteiger charge is -1.96. The summed E-state index contributed by atoms with van der Waals surface area (Å²) in [4.78, 5) is 12.4. The molecule has 2 heterocycles. The first-order chi connectivity index (χ1) is 7.29. The average molecular weight is 423 g/mol. The van der Waals surface area contributed by atoms with Crippen LogP contribution in [0.15, 0.2) is 38.1 Å². The summed E-state index contributed by atoms with van der Waals surface area (Å²) in [7, 11) is 0. The van der Waals surface area contributed by atoms with Gasteiger partial charge in [-0.15, -0.1) is 0 Å². The molecule has 0 bridgehead atoms. The molecule has 0 aromatic carbocycles. The second-order valence-electron chi connectivity index (χ2n) is 2.60. The van der Waals surface area contributed by atoms with E-state index in [0.717, 1.165) is 15.1 Å². The molecule has 0 aliphatic carbocycles. The SMILES string of the molecule is IC1=C(c2nccc[n+]2I)N=CN=C=C1. The minimum atomic E-state index is 0.800. The third-order valence-electron chi connectivity index (χ3n) is 1.65. The van der Waals surface area contributed by atoms with Crippen molar-refractivity contribution in [3.8, 4) is 0 Å². The van der Waals surface area contributed by atoms with Gasteiger partial charge in [-0.1, -0.05) is 0 Å². The number of hydrogen-bond donors (Lipinski definition) is 0. The molecule has 0 N–H and O–H groups in total. The fraction of sp³-hybridized carbons (Fsp3) is 0. The van der Waals surface area contributed by atoms with Gasteiger partial charge in [0.2, 0.25) is 22.9 Å². The number of rotatable bonds is 1. The number of aromatic nitrogens is 2. The Bertz CT molecular complexity index is 513. The predicted molar refractivity (Wildman–Crippen MR) is 75.3 cm³/mol. The summed E-state index contributed by atoms with van der Waals surface area (Å²) >= 11 is 4.36. The molecule has 0 saturated carbocycles. The molecule has 1 aromatic rings. The van der Waals surface area contributed by atoms with Crippen molar-refractivity contribution in [1.82, 2.24) is 4.98 Å². The van der Waals surface area contributed by atoms with Gasteiger partial charge in [-0.05, 0) is 33.4 Å². The predicted octanol–water partition coefficient (Wildman–Crippen LogP) is 1.94. The molecule has 1 aromatic heterocycles. The van der Waals surface area contributed by atoms with E-state index in [1.54, 1.807) is 12.3 Å². The van der Waals surface area contributed by atoms with E-state index in [1.807, 2.05) is 15.0 Å². The highest BCUT2D eigenvalue weighted by atomic mass is 127. The van der Waals surface area contributed by atoms with Crippen LogP contribution in [0.1, 0.15) is 5.82 Å². The zero-order valence-corrected chi connectivity index (χ0v) is 11.7. The van der Waals surface area contributed by atoms with Gasteiger partial charge in [0.25, 0.3) is 0 Å². The summed E-state index contributed by atoms with van der Waals surface area (Å²) in [5.41, 5.74) is 0.805. The topological polar surface area (TPSA) is 41.5 Å². The highest BCUT2D eigenvalue weighted by molar-refractivity contribution is 14.1. The molecule has 0 amide bonds. The van der Waals surface area contributed by atoms with Gasteiger partial charge in [0.05, 0.1) is 3.58 Å². The Hall–Kier alpha value is -0.600. The lowest BCUT2D eigenvalue weighted by molar-refractivity contribution is -0.448. The summed E-state index contributed by atoms with van der Waals surface area (Å²) in [5.74, 6) is 3.56. The molecule has 1 aliphatic rings. The molecule has 0 radical (unpaired) electrons. The second-order valence-corrected chi connectivity index (χ2v) is 4.80. The molecule has 15 heavy (non-hydrogen) atoms. The van der Waals surface area contributed by atoms with Crippen molar-refractivity contribution in [3.63, 3.8) is 0 Å². The summed E-state index contributed by atoms with van der Waals surface area (Å²) in [5, 5.41) is 0. The summed E-state index contributed by atoms with van der Waals surface area (Å²) < 4.78 is 2.86. The first kappa shape index (κ1) is 10.9.